The molecule has 0 aliphatic rings. The molecule has 3 aromatic rings. The van der Waals surface area contributed by atoms with Crippen LogP contribution in [0.3, 0.4) is 0 Å². The zero-order valence-electron chi connectivity index (χ0n) is 18.3. The van der Waals surface area contributed by atoms with Gasteiger partial charge in [-0.25, -0.2) is 0 Å². The molecule has 0 radical (unpaired) electrons. The highest BCUT2D eigenvalue weighted by Crippen LogP contribution is 2.34. The Hall–Kier alpha value is -1.62. The first kappa shape index (κ1) is 24.6. The fourth-order valence-corrected chi connectivity index (χ4v) is 6.47. The van der Waals surface area contributed by atoms with Gasteiger partial charge < -0.3 is 0 Å². The van der Waals surface area contributed by atoms with Crippen molar-refractivity contribution in [3.05, 3.63) is 90.5 Å². The summed E-state index contributed by atoms with van der Waals surface area (Å²) in [6, 6.07) is 31.3. The maximum Gasteiger partial charge on any atom is -0.0119 e. The van der Waals surface area contributed by atoms with Gasteiger partial charge in [-0.05, 0) is 42.2 Å². The summed E-state index contributed by atoms with van der Waals surface area (Å²) >= 11 is 0. The van der Waals surface area contributed by atoms with Crippen molar-refractivity contribution in [2.45, 2.75) is 64.7 Å². The van der Waals surface area contributed by atoms with Crippen molar-refractivity contribution in [1.29, 1.82) is 0 Å². The first-order valence-electron chi connectivity index (χ1n) is 11.4. The van der Waals surface area contributed by atoms with Crippen molar-refractivity contribution < 1.29 is 0 Å². The molecule has 0 unspecified atom stereocenters. The summed E-state index contributed by atoms with van der Waals surface area (Å²) in [7, 11) is -0.501. The molecule has 0 amide bonds. The van der Waals surface area contributed by atoms with Crippen molar-refractivity contribution in [2.24, 2.45) is 0 Å². The van der Waals surface area contributed by atoms with Gasteiger partial charge in [-0.1, -0.05) is 137 Å². The lowest BCUT2D eigenvalue weighted by atomic mass is 10.0. The van der Waals surface area contributed by atoms with E-state index in [4.69, 9.17) is 0 Å². The molecule has 0 aromatic heterocycles. The van der Waals surface area contributed by atoms with E-state index in [1.165, 1.54) is 79.3 Å². The van der Waals surface area contributed by atoms with Gasteiger partial charge in [0.05, 0.1) is 0 Å². The number of hydrogen-bond donors (Lipinski definition) is 0. The Balaban J connectivity index is 0.00000320. The van der Waals surface area contributed by atoms with Crippen molar-refractivity contribution >= 4 is 36.2 Å². The van der Waals surface area contributed by atoms with E-state index < -0.39 is 7.92 Å². The number of benzene rings is 3. The summed E-state index contributed by atoms with van der Waals surface area (Å²) in [5.41, 5.74) is 1.54. The van der Waals surface area contributed by atoms with Gasteiger partial charge in [0, 0.05) is 0 Å². The molecule has 0 bridgehead atoms. The second-order valence-corrected chi connectivity index (χ2v) is 10.0. The number of rotatable bonds is 12. The third-order valence-electron chi connectivity index (χ3n) is 5.56. The summed E-state index contributed by atoms with van der Waals surface area (Å²) in [6.45, 7) is 2.29. The lowest BCUT2D eigenvalue weighted by Gasteiger charge is -2.22. The van der Waals surface area contributed by atoms with E-state index in [0.29, 0.717) is 0 Å². The molecule has 0 saturated carbocycles. The van der Waals surface area contributed by atoms with Crippen LogP contribution in [0.15, 0.2) is 84.9 Å². The van der Waals surface area contributed by atoms with Crippen LogP contribution < -0.4 is 15.9 Å². The number of halogens is 1. The molecule has 0 heterocycles. The highest BCUT2D eigenvalue weighted by atomic mass is 35.5. The van der Waals surface area contributed by atoms with Crippen molar-refractivity contribution in [3.63, 3.8) is 0 Å². The third kappa shape index (κ3) is 7.57. The summed E-state index contributed by atoms with van der Waals surface area (Å²) in [5.74, 6) is 0. The minimum Gasteiger partial charge on any atom is -0.147 e. The van der Waals surface area contributed by atoms with Crippen LogP contribution in [-0.2, 0) is 6.42 Å². The standard InChI is InChI=1S/C28H35P.ClH/c1-2-3-4-5-6-7-8-11-18-25-19-16-17-24-28(25)29(26-20-12-9-13-21-26)27-22-14-10-15-23-27;/h9-10,12-17,19-24H,2-8,11,18H2,1H3;1H. The Bertz CT molecular complexity index is 777. The number of aryl methyl sites for hydroxylation is 1. The number of unbranched alkanes of at least 4 members (excludes halogenated alkanes) is 7. The molecule has 0 aliphatic heterocycles. The minimum atomic E-state index is -0.501. The van der Waals surface area contributed by atoms with Crippen LogP contribution in [-0.4, -0.2) is 0 Å². The lowest BCUT2D eigenvalue weighted by Crippen LogP contribution is -2.23. The summed E-state index contributed by atoms with van der Waals surface area (Å²) in [5, 5.41) is 4.41. The second kappa shape index (κ2) is 14.4. The van der Waals surface area contributed by atoms with E-state index in [-0.39, 0.29) is 12.4 Å². The van der Waals surface area contributed by atoms with E-state index in [1.807, 2.05) is 0 Å². The van der Waals surface area contributed by atoms with Crippen molar-refractivity contribution in [1.82, 2.24) is 0 Å². The molecule has 2 heteroatoms. The first-order valence-corrected chi connectivity index (χ1v) is 12.7. The summed E-state index contributed by atoms with van der Waals surface area (Å²) in [4.78, 5) is 0. The van der Waals surface area contributed by atoms with Crippen LogP contribution in [0.25, 0.3) is 0 Å². The van der Waals surface area contributed by atoms with E-state index in [0.717, 1.165) is 0 Å². The highest BCUT2D eigenvalue weighted by Gasteiger charge is 2.18. The first-order chi connectivity index (χ1) is 14.4. The quantitative estimate of drug-likeness (QED) is 0.202. The maximum absolute atomic E-state index is 2.37. The smallest absolute Gasteiger partial charge is 0.0119 e. The molecule has 0 fully saturated rings. The maximum atomic E-state index is 2.37. The molecule has 0 nitrogen and oxygen atoms in total. The Labute approximate surface area is 191 Å². The molecular weight excluding hydrogens is 403 g/mol. The predicted molar refractivity (Wildman–Crippen MR) is 139 cm³/mol. The fraction of sp³-hybridized carbons (Fsp3) is 0.357. The van der Waals surface area contributed by atoms with Gasteiger partial charge in [-0.2, -0.15) is 0 Å². The van der Waals surface area contributed by atoms with Gasteiger partial charge in [0.15, 0.2) is 0 Å². The van der Waals surface area contributed by atoms with E-state index in [1.54, 1.807) is 0 Å². The third-order valence-corrected chi connectivity index (χ3v) is 8.11. The monoisotopic (exact) mass is 438 g/mol. The zero-order chi connectivity index (χ0) is 20.2. The van der Waals surface area contributed by atoms with Gasteiger partial charge >= 0.3 is 0 Å². The summed E-state index contributed by atoms with van der Waals surface area (Å²) < 4.78 is 0. The van der Waals surface area contributed by atoms with Gasteiger partial charge in [-0.15, -0.1) is 12.4 Å². The van der Waals surface area contributed by atoms with E-state index in [9.17, 15) is 0 Å². The topological polar surface area (TPSA) is 0 Å². The molecule has 160 valence electrons. The number of hydrogen-bond acceptors (Lipinski definition) is 0. The molecule has 0 N–H and O–H groups in total. The SMILES string of the molecule is CCCCCCCCCCc1ccccc1P(c1ccccc1)c1ccccc1.Cl. The Morgan fingerprint density at radius 3 is 1.57 bits per heavy atom. The van der Waals surface area contributed by atoms with Gasteiger partial charge in [-0.3, -0.25) is 0 Å². The molecule has 0 atom stereocenters. The van der Waals surface area contributed by atoms with Crippen molar-refractivity contribution in [3.8, 4) is 0 Å². The average molecular weight is 439 g/mol. The Morgan fingerprint density at radius 1 is 0.533 bits per heavy atom. The highest BCUT2D eigenvalue weighted by molar-refractivity contribution is 7.79. The largest absolute Gasteiger partial charge is 0.147 e. The van der Waals surface area contributed by atoms with Crippen LogP contribution >= 0.6 is 20.3 Å². The minimum absolute atomic E-state index is 0. The Kier molecular flexibility index (Phi) is 11.8. The van der Waals surface area contributed by atoms with Gasteiger partial charge in [0.25, 0.3) is 0 Å². The Morgan fingerprint density at radius 2 is 1.00 bits per heavy atom. The zero-order valence-corrected chi connectivity index (χ0v) is 20.0. The van der Waals surface area contributed by atoms with Crippen LogP contribution in [0.2, 0.25) is 0 Å². The van der Waals surface area contributed by atoms with Crippen LogP contribution in [0.4, 0.5) is 0 Å². The van der Waals surface area contributed by atoms with Crippen LogP contribution in [0, 0.1) is 0 Å². The molecule has 0 spiro atoms. The molecule has 0 saturated heterocycles. The normalized spacial score (nSPS) is 10.7. The lowest BCUT2D eigenvalue weighted by molar-refractivity contribution is 0.576. The van der Waals surface area contributed by atoms with E-state index >= 15 is 0 Å². The van der Waals surface area contributed by atoms with Crippen LogP contribution in [0.5, 0.6) is 0 Å². The molecular formula is C28H36ClP. The predicted octanol–water partition coefficient (Wildman–Crippen LogP) is 7.55. The second-order valence-electron chi connectivity index (χ2n) is 7.86. The van der Waals surface area contributed by atoms with Crippen molar-refractivity contribution in [2.75, 3.05) is 0 Å². The molecule has 0 aliphatic carbocycles. The van der Waals surface area contributed by atoms with Gasteiger partial charge in [0.2, 0.25) is 0 Å². The van der Waals surface area contributed by atoms with Crippen LogP contribution in [0.1, 0.15) is 63.9 Å². The molecule has 3 rings (SSSR count). The molecule has 30 heavy (non-hydrogen) atoms. The van der Waals surface area contributed by atoms with Gasteiger partial charge in [0.1, 0.15) is 0 Å². The fourth-order valence-electron chi connectivity index (χ4n) is 3.97. The summed E-state index contributed by atoms with van der Waals surface area (Å²) in [6.07, 6.45) is 12.2. The molecule has 3 aromatic carbocycles. The van der Waals surface area contributed by atoms with E-state index in [2.05, 4.69) is 91.9 Å². The average Bonchev–Trinajstić information content (AvgIpc) is 2.78.